The van der Waals surface area contributed by atoms with E-state index in [1.165, 1.54) is 70.6 Å². The van der Waals surface area contributed by atoms with Gasteiger partial charge in [-0.3, -0.25) is 14.2 Å². The number of unbranched alkanes of at least 4 members (excludes halogenated alkanes) is 18. The number of phosphoric acid groups is 1. The summed E-state index contributed by atoms with van der Waals surface area (Å²) < 4.78 is 34.0. The molecular weight excluding hydrogens is 762 g/mol. The van der Waals surface area contributed by atoms with E-state index in [1.54, 1.807) is 0 Å². The van der Waals surface area contributed by atoms with E-state index >= 15 is 0 Å². The number of nitrogens with zero attached hydrogens (tertiary/aromatic N) is 1. The highest BCUT2D eigenvalue weighted by atomic mass is 31.2. The summed E-state index contributed by atoms with van der Waals surface area (Å²) in [7, 11) is 1.15. The predicted octanol–water partition coefficient (Wildman–Crippen LogP) is 13.0. The summed E-state index contributed by atoms with van der Waals surface area (Å²) in [6, 6.07) is 0. The molecule has 0 rings (SSSR count). The Morgan fingerprint density at radius 3 is 1.44 bits per heavy atom. The van der Waals surface area contributed by atoms with Gasteiger partial charge in [0.1, 0.15) is 19.8 Å². The Morgan fingerprint density at radius 1 is 0.542 bits per heavy atom. The average molecular weight is 850 g/mol. The number of allylic oxidation sites excluding steroid dienone is 10. The van der Waals surface area contributed by atoms with Gasteiger partial charge in [0.15, 0.2) is 6.10 Å². The van der Waals surface area contributed by atoms with Crippen molar-refractivity contribution in [1.29, 1.82) is 0 Å². The molecule has 2 atom stereocenters. The summed E-state index contributed by atoms with van der Waals surface area (Å²) in [5.74, 6) is -0.857. The molecule has 10 heteroatoms. The van der Waals surface area contributed by atoms with E-state index in [-0.39, 0.29) is 26.1 Å². The van der Waals surface area contributed by atoms with Gasteiger partial charge in [-0.15, -0.1) is 0 Å². The van der Waals surface area contributed by atoms with Gasteiger partial charge in [0.25, 0.3) is 7.82 Å². The molecule has 0 spiro atoms. The molecule has 0 aromatic heterocycles. The molecule has 0 aromatic carbocycles. The maximum absolute atomic E-state index is 12.7. The molecule has 0 aliphatic carbocycles. The van der Waals surface area contributed by atoms with Crippen LogP contribution in [0.4, 0.5) is 0 Å². The van der Waals surface area contributed by atoms with Gasteiger partial charge in [-0.1, -0.05) is 158 Å². The molecule has 0 amide bonds. The zero-order valence-electron chi connectivity index (χ0n) is 38.4. The van der Waals surface area contributed by atoms with E-state index in [2.05, 4.69) is 74.6 Å². The quantitative estimate of drug-likeness (QED) is 0.0196. The standard InChI is InChI=1S/C49H88NO8P/c1-6-8-10-12-14-16-18-20-22-24-26-27-29-31-33-35-37-39-41-48(51)55-45-47(46-57-59(53,54)56-44-43-50(3,4)5)58-49(52)42-40-38-36-34-32-30-28-25-23-21-19-17-15-13-11-9-7-2/h9,11,15-18,21-24,47H,6-8,10,12-14,19-20,25-46H2,1-5H3/b11-9-,17-15-,18-16-,23-21-,24-22-. The molecule has 0 bridgehead atoms. The second kappa shape index (κ2) is 41.1. The Bertz CT molecular complexity index is 1190. The summed E-state index contributed by atoms with van der Waals surface area (Å²) in [5.41, 5.74) is 0. The van der Waals surface area contributed by atoms with Gasteiger partial charge in [0.05, 0.1) is 27.7 Å². The number of carbonyl (C=O) groups excluding carboxylic acids is 2. The van der Waals surface area contributed by atoms with Crippen LogP contribution in [0.25, 0.3) is 0 Å². The van der Waals surface area contributed by atoms with Crippen LogP contribution in [0.5, 0.6) is 0 Å². The lowest BCUT2D eigenvalue weighted by molar-refractivity contribution is -0.870. The summed E-state index contributed by atoms with van der Waals surface area (Å²) in [6.07, 6.45) is 49.5. The number of hydrogen-bond donors (Lipinski definition) is 0. The first-order valence-electron chi connectivity index (χ1n) is 23.5. The number of ether oxygens (including phenoxy) is 2. The van der Waals surface area contributed by atoms with Crippen molar-refractivity contribution in [3.63, 3.8) is 0 Å². The van der Waals surface area contributed by atoms with Crippen LogP contribution in [-0.4, -0.2) is 70.0 Å². The minimum atomic E-state index is -4.63. The Morgan fingerprint density at radius 2 is 0.966 bits per heavy atom. The molecular formula is C49H88NO8P. The van der Waals surface area contributed by atoms with Crippen LogP contribution >= 0.6 is 7.82 Å². The van der Waals surface area contributed by atoms with Crippen molar-refractivity contribution in [2.24, 2.45) is 0 Å². The number of rotatable bonds is 42. The van der Waals surface area contributed by atoms with Gasteiger partial charge in [0.2, 0.25) is 0 Å². The topological polar surface area (TPSA) is 111 Å². The van der Waals surface area contributed by atoms with E-state index in [1.807, 2.05) is 21.1 Å². The fourth-order valence-electron chi connectivity index (χ4n) is 6.11. The lowest BCUT2D eigenvalue weighted by Crippen LogP contribution is -2.37. The highest BCUT2D eigenvalue weighted by molar-refractivity contribution is 7.45. The molecule has 0 heterocycles. The second-order valence-corrected chi connectivity index (χ2v) is 18.1. The highest BCUT2D eigenvalue weighted by Crippen LogP contribution is 2.38. The van der Waals surface area contributed by atoms with Gasteiger partial charge < -0.3 is 27.9 Å². The van der Waals surface area contributed by atoms with Crippen molar-refractivity contribution >= 4 is 19.8 Å². The van der Waals surface area contributed by atoms with Crippen LogP contribution in [0.15, 0.2) is 60.8 Å². The van der Waals surface area contributed by atoms with Crippen LogP contribution in [0.2, 0.25) is 0 Å². The lowest BCUT2D eigenvalue weighted by atomic mass is 10.1. The Kier molecular flexibility index (Phi) is 39.5. The van der Waals surface area contributed by atoms with Gasteiger partial charge in [-0.25, -0.2) is 0 Å². The molecule has 0 aliphatic rings. The number of hydrogen-bond acceptors (Lipinski definition) is 8. The van der Waals surface area contributed by atoms with Gasteiger partial charge in [-0.2, -0.15) is 0 Å². The summed E-state index contributed by atoms with van der Waals surface area (Å²) >= 11 is 0. The summed E-state index contributed by atoms with van der Waals surface area (Å²) in [6.45, 7) is 4.08. The van der Waals surface area contributed by atoms with E-state index in [0.29, 0.717) is 17.4 Å². The molecule has 342 valence electrons. The third-order valence-corrected chi connectivity index (χ3v) is 10.7. The minimum absolute atomic E-state index is 0.0367. The molecule has 9 nitrogen and oxygen atoms in total. The molecule has 0 saturated carbocycles. The number of likely N-dealkylation sites (N-methyl/N-ethyl adjacent to an activating group) is 1. The van der Waals surface area contributed by atoms with Crippen LogP contribution in [-0.2, 0) is 32.7 Å². The third-order valence-electron chi connectivity index (χ3n) is 9.77. The number of carbonyl (C=O) groups is 2. The first-order valence-corrected chi connectivity index (χ1v) is 25.0. The molecule has 59 heavy (non-hydrogen) atoms. The van der Waals surface area contributed by atoms with Crippen molar-refractivity contribution in [1.82, 2.24) is 0 Å². The Balaban J connectivity index is 4.35. The number of quaternary nitrogens is 1. The van der Waals surface area contributed by atoms with E-state index in [0.717, 1.165) is 83.5 Å². The van der Waals surface area contributed by atoms with Gasteiger partial charge >= 0.3 is 11.9 Å². The largest absolute Gasteiger partial charge is 0.756 e. The molecule has 0 saturated heterocycles. The van der Waals surface area contributed by atoms with E-state index in [9.17, 15) is 19.0 Å². The van der Waals surface area contributed by atoms with Crippen LogP contribution < -0.4 is 4.89 Å². The molecule has 0 fully saturated rings. The fraction of sp³-hybridized carbons (Fsp3) is 0.755. The summed E-state index contributed by atoms with van der Waals surface area (Å²) in [4.78, 5) is 37.6. The average Bonchev–Trinajstić information content (AvgIpc) is 3.19. The third kappa shape index (κ3) is 45.1. The first-order chi connectivity index (χ1) is 28.5. The number of phosphoric ester groups is 1. The molecule has 0 N–H and O–H groups in total. The fourth-order valence-corrected chi connectivity index (χ4v) is 6.84. The SMILES string of the molecule is CC/C=C\C/C=C\C/C=C\CCCCCCCCCC(=O)OC(COC(=O)CCCCCCCCC/C=C\C/C=C\CCCCCC)COP(=O)([O-])OCC[N+](C)(C)C. The number of esters is 2. The van der Waals surface area contributed by atoms with Crippen LogP contribution in [0.3, 0.4) is 0 Å². The van der Waals surface area contributed by atoms with Crippen LogP contribution in [0, 0.1) is 0 Å². The minimum Gasteiger partial charge on any atom is -0.756 e. The first kappa shape index (κ1) is 56.7. The monoisotopic (exact) mass is 850 g/mol. The van der Waals surface area contributed by atoms with Crippen molar-refractivity contribution in [2.75, 3.05) is 47.5 Å². The van der Waals surface area contributed by atoms with Gasteiger partial charge in [0, 0.05) is 12.8 Å². The predicted molar refractivity (Wildman–Crippen MR) is 245 cm³/mol. The normalized spacial score (nSPS) is 14.1. The summed E-state index contributed by atoms with van der Waals surface area (Å²) in [5, 5.41) is 0. The maximum atomic E-state index is 12.7. The van der Waals surface area contributed by atoms with Crippen molar-refractivity contribution < 1.29 is 42.1 Å². The molecule has 0 aliphatic heterocycles. The smallest absolute Gasteiger partial charge is 0.306 e. The van der Waals surface area contributed by atoms with Gasteiger partial charge in [-0.05, 0) is 77.0 Å². The molecule has 2 unspecified atom stereocenters. The maximum Gasteiger partial charge on any atom is 0.306 e. The molecule has 0 aromatic rings. The van der Waals surface area contributed by atoms with E-state index < -0.39 is 32.5 Å². The highest BCUT2D eigenvalue weighted by Gasteiger charge is 2.21. The zero-order chi connectivity index (χ0) is 43.6. The Hall–Kier alpha value is -2.29. The van der Waals surface area contributed by atoms with Crippen molar-refractivity contribution in [3.05, 3.63) is 60.8 Å². The molecule has 0 radical (unpaired) electrons. The van der Waals surface area contributed by atoms with Crippen molar-refractivity contribution in [3.8, 4) is 0 Å². The lowest BCUT2D eigenvalue weighted by Gasteiger charge is -2.28. The van der Waals surface area contributed by atoms with Crippen LogP contribution in [0.1, 0.15) is 187 Å². The zero-order valence-corrected chi connectivity index (χ0v) is 39.3. The van der Waals surface area contributed by atoms with E-state index in [4.69, 9.17) is 18.5 Å². The Labute approximate surface area is 362 Å². The van der Waals surface area contributed by atoms with Crippen molar-refractivity contribution in [2.45, 2.75) is 193 Å². The second-order valence-electron chi connectivity index (χ2n) is 16.7.